The second-order valence-electron chi connectivity index (χ2n) is 7.62. The molecule has 2 aromatic carbocycles. The topological polar surface area (TPSA) is 52.3 Å². The molecule has 1 aliphatic heterocycles. The lowest BCUT2D eigenvalue weighted by molar-refractivity contribution is 0.191. The summed E-state index contributed by atoms with van der Waals surface area (Å²) in [7, 11) is -0.650. The van der Waals surface area contributed by atoms with Gasteiger partial charge in [-0.15, -0.1) is 0 Å². The van der Waals surface area contributed by atoms with Crippen LogP contribution in [0.1, 0.15) is 61.4 Å². The molecule has 2 N–H and O–H groups in total. The standard InChI is InChI=1S/C22H27NO2S.C2H6/c1-14-12-17(25-16-8-10-26(24)11-9-16)13-15(2)22(14)20-5-3-4-19-18(20)6-7-21(19)23;1-2/h3-5,12-13,16,21H,6-11,23H2,1-2H3;1-2H3. The molecule has 1 unspecified atom stereocenters. The molecule has 2 aromatic rings. The number of ether oxygens (including phenoxy) is 1. The number of fused-ring (bicyclic) bond motifs is 1. The first kappa shape index (κ1) is 21.1. The van der Waals surface area contributed by atoms with Crippen LogP contribution in [0.15, 0.2) is 30.3 Å². The maximum atomic E-state index is 11.5. The largest absolute Gasteiger partial charge is 0.490 e. The van der Waals surface area contributed by atoms with Crippen LogP contribution >= 0.6 is 0 Å². The average molecular weight is 400 g/mol. The van der Waals surface area contributed by atoms with E-state index in [-0.39, 0.29) is 12.1 Å². The van der Waals surface area contributed by atoms with Gasteiger partial charge in [0, 0.05) is 28.3 Å². The minimum Gasteiger partial charge on any atom is -0.490 e. The molecule has 1 heterocycles. The summed E-state index contributed by atoms with van der Waals surface area (Å²) in [5.41, 5.74) is 14.1. The third-order valence-electron chi connectivity index (χ3n) is 5.73. The highest BCUT2D eigenvalue weighted by atomic mass is 32.2. The van der Waals surface area contributed by atoms with Crippen LogP contribution in [0.5, 0.6) is 5.75 Å². The Labute approximate surface area is 172 Å². The Bertz CT molecular complexity index is 829. The summed E-state index contributed by atoms with van der Waals surface area (Å²) in [6.07, 6.45) is 4.06. The lowest BCUT2D eigenvalue weighted by Crippen LogP contribution is -2.27. The van der Waals surface area contributed by atoms with E-state index in [9.17, 15) is 4.21 Å². The van der Waals surface area contributed by atoms with Crippen molar-refractivity contribution in [2.24, 2.45) is 5.73 Å². The van der Waals surface area contributed by atoms with E-state index in [0.29, 0.717) is 0 Å². The average Bonchev–Trinajstić information content (AvgIpc) is 3.07. The quantitative estimate of drug-likeness (QED) is 0.768. The predicted molar refractivity (Wildman–Crippen MR) is 119 cm³/mol. The predicted octanol–water partition coefficient (Wildman–Crippen LogP) is 5.23. The molecule has 1 aliphatic carbocycles. The Kier molecular flexibility index (Phi) is 6.95. The fraction of sp³-hybridized carbons (Fsp3) is 0.500. The SMILES string of the molecule is CC.Cc1cc(OC2CCS(=O)CC2)cc(C)c1-c1cccc2c1CCC2N. The normalized spacial score (nSPS) is 23.5. The Hall–Kier alpha value is -1.65. The van der Waals surface area contributed by atoms with Crippen molar-refractivity contribution < 1.29 is 8.95 Å². The molecule has 2 aliphatic rings. The number of aryl methyl sites for hydroxylation is 2. The van der Waals surface area contributed by atoms with Crippen LogP contribution in [0.3, 0.4) is 0 Å². The van der Waals surface area contributed by atoms with Gasteiger partial charge in [-0.05, 0) is 85.0 Å². The van der Waals surface area contributed by atoms with Crippen LogP contribution < -0.4 is 10.5 Å². The lowest BCUT2D eigenvalue weighted by atomic mass is 9.90. The highest BCUT2D eigenvalue weighted by Crippen LogP contribution is 2.40. The van der Waals surface area contributed by atoms with Gasteiger partial charge in [0.1, 0.15) is 11.9 Å². The molecule has 4 heteroatoms. The van der Waals surface area contributed by atoms with Crippen molar-refractivity contribution in [2.45, 2.75) is 65.5 Å². The summed E-state index contributed by atoms with van der Waals surface area (Å²) >= 11 is 0. The maximum absolute atomic E-state index is 11.5. The molecule has 0 spiro atoms. The molecule has 152 valence electrons. The van der Waals surface area contributed by atoms with Crippen LogP contribution in [-0.2, 0) is 17.2 Å². The summed E-state index contributed by atoms with van der Waals surface area (Å²) in [6, 6.07) is 11.0. The Morgan fingerprint density at radius 2 is 1.68 bits per heavy atom. The van der Waals surface area contributed by atoms with Gasteiger partial charge < -0.3 is 10.5 Å². The highest BCUT2D eigenvalue weighted by molar-refractivity contribution is 7.85. The summed E-state index contributed by atoms with van der Waals surface area (Å²) < 4.78 is 17.7. The minimum atomic E-state index is -0.650. The van der Waals surface area contributed by atoms with Crippen molar-refractivity contribution in [1.82, 2.24) is 0 Å². The van der Waals surface area contributed by atoms with Crippen molar-refractivity contribution in [3.63, 3.8) is 0 Å². The first-order chi connectivity index (χ1) is 13.5. The van der Waals surface area contributed by atoms with Crippen molar-refractivity contribution in [1.29, 1.82) is 0 Å². The third-order valence-corrected chi connectivity index (χ3v) is 7.11. The maximum Gasteiger partial charge on any atom is 0.120 e. The second-order valence-corrected chi connectivity index (χ2v) is 9.31. The van der Waals surface area contributed by atoms with Gasteiger partial charge in [-0.3, -0.25) is 4.21 Å². The molecule has 0 saturated carbocycles. The number of hydrogen-bond donors (Lipinski definition) is 1. The molecule has 28 heavy (non-hydrogen) atoms. The van der Waals surface area contributed by atoms with E-state index < -0.39 is 10.8 Å². The van der Waals surface area contributed by atoms with Crippen LogP contribution in [0, 0.1) is 13.8 Å². The van der Waals surface area contributed by atoms with E-state index in [1.807, 2.05) is 13.8 Å². The molecule has 0 aromatic heterocycles. The van der Waals surface area contributed by atoms with Crippen molar-refractivity contribution in [2.75, 3.05) is 11.5 Å². The number of hydrogen-bond acceptors (Lipinski definition) is 3. The molecule has 1 fully saturated rings. The van der Waals surface area contributed by atoms with E-state index in [4.69, 9.17) is 10.5 Å². The third kappa shape index (κ3) is 4.33. The van der Waals surface area contributed by atoms with E-state index in [1.165, 1.54) is 33.4 Å². The highest BCUT2D eigenvalue weighted by Gasteiger charge is 2.24. The summed E-state index contributed by atoms with van der Waals surface area (Å²) in [6.45, 7) is 8.33. The van der Waals surface area contributed by atoms with Gasteiger partial charge in [0.15, 0.2) is 0 Å². The Morgan fingerprint density at radius 3 is 2.32 bits per heavy atom. The Morgan fingerprint density at radius 1 is 1.04 bits per heavy atom. The molecule has 0 bridgehead atoms. The molecule has 0 radical (unpaired) electrons. The zero-order valence-corrected chi connectivity index (χ0v) is 18.4. The van der Waals surface area contributed by atoms with E-state index >= 15 is 0 Å². The van der Waals surface area contributed by atoms with E-state index in [0.717, 1.165) is 42.9 Å². The van der Waals surface area contributed by atoms with Crippen LogP contribution in [0.2, 0.25) is 0 Å². The number of rotatable bonds is 3. The van der Waals surface area contributed by atoms with Gasteiger partial charge in [-0.2, -0.15) is 0 Å². The fourth-order valence-corrected chi connectivity index (χ4v) is 5.68. The fourth-order valence-electron chi connectivity index (χ4n) is 4.42. The van der Waals surface area contributed by atoms with Gasteiger partial charge in [-0.1, -0.05) is 32.0 Å². The molecule has 0 amide bonds. The lowest BCUT2D eigenvalue weighted by Gasteiger charge is -2.24. The second kappa shape index (κ2) is 9.23. The van der Waals surface area contributed by atoms with Crippen LogP contribution in [0.4, 0.5) is 0 Å². The minimum absolute atomic E-state index is 0.171. The van der Waals surface area contributed by atoms with Gasteiger partial charge in [0.05, 0.1) is 0 Å². The first-order valence-corrected chi connectivity index (χ1v) is 12.0. The molecule has 3 nitrogen and oxygen atoms in total. The summed E-state index contributed by atoms with van der Waals surface area (Å²) in [5.74, 6) is 2.46. The van der Waals surface area contributed by atoms with Crippen molar-refractivity contribution in [3.8, 4) is 16.9 Å². The smallest absolute Gasteiger partial charge is 0.120 e. The molecular weight excluding hydrogens is 366 g/mol. The summed E-state index contributed by atoms with van der Waals surface area (Å²) in [5, 5.41) is 0. The monoisotopic (exact) mass is 399 g/mol. The van der Waals surface area contributed by atoms with Gasteiger partial charge in [-0.25, -0.2) is 0 Å². The molecule has 4 rings (SSSR count). The zero-order chi connectivity index (χ0) is 20.3. The van der Waals surface area contributed by atoms with Gasteiger partial charge >= 0.3 is 0 Å². The first-order valence-electron chi connectivity index (χ1n) is 10.5. The van der Waals surface area contributed by atoms with Gasteiger partial charge in [0.25, 0.3) is 0 Å². The van der Waals surface area contributed by atoms with E-state index in [2.05, 4.69) is 44.2 Å². The van der Waals surface area contributed by atoms with Crippen LogP contribution in [-0.4, -0.2) is 21.8 Å². The number of nitrogens with two attached hydrogens (primary N) is 1. The zero-order valence-electron chi connectivity index (χ0n) is 17.6. The van der Waals surface area contributed by atoms with Gasteiger partial charge in [0.2, 0.25) is 0 Å². The molecule has 1 saturated heterocycles. The van der Waals surface area contributed by atoms with Crippen LogP contribution in [0.25, 0.3) is 11.1 Å². The van der Waals surface area contributed by atoms with Crippen molar-refractivity contribution in [3.05, 3.63) is 52.6 Å². The molecule has 1 atom stereocenters. The summed E-state index contributed by atoms with van der Waals surface area (Å²) in [4.78, 5) is 0. The Balaban J connectivity index is 0.00000109. The van der Waals surface area contributed by atoms with Crippen molar-refractivity contribution >= 4 is 10.8 Å². The number of benzene rings is 2. The van der Waals surface area contributed by atoms with E-state index in [1.54, 1.807) is 0 Å². The molecular formula is C24H33NO2S.